The standard InChI is InChI=1S/C8H10FNO/c9-5-7-1-3-8(4-2-7)6-10-11/h1-4,10-11H,5-6H2. The summed E-state index contributed by atoms with van der Waals surface area (Å²) >= 11 is 0. The van der Waals surface area contributed by atoms with Gasteiger partial charge in [0.25, 0.3) is 0 Å². The van der Waals surface area contributed by atoms with Gasteiger partial charge in [-0.2, -0.15) is 0 Å². The first kappa shape index (κ1) is 8.17. The minimum absolute atomic E-state index is 0.395. The van der Waals surface area contributed by atoms with Gasteiger partial charge in [-0.3, -0.25) is 0 Å². The summed E-state index contributed by atoms with van der Waals surface area (Å²) in [5, 5.41) is 8.32. The first-order valence-electron chi connectivity index (χ1n) is 3.37. The third kappa shape index (κ3) is 2.29. The molecule has 0 fully saturated rings. The molecular formula is C8H10FNO. The average Bonchev–Trinajstić information content (AvgIpc) is 2.07. The number of nitrogens with one attached hydrogen (secondary N) is 1. The number of alkyl halides is 1. The second kappa shape index (κ2) is 4.05. The lowest BCUT2D eigenvalue weighted by atomic mass is 10.1. The third-order valence-electron chi connectivity index (χ3n) is 1.46. The van der Waals surface area contributed by atoms with E-state index in [0.717, 1.165) is 5.56 Å². The number of hydrogen-bond donors (Lipinski definition) is 2. The Morgan fingerprint density at radius 2 is 1.73 bits per heavy atom. The first-order chi connectivity index (χ1) is 5.36. The normalized spacial score (nSPS) is 10.0. The molecule has 3 heteroatoms. The number of halogens is 1. The monoisotopic (exact) mass is 155 g/mol. The van der Waals surface area contributed by atoms with Gasteiger partial charge in [0, 0.05) is 6.54 Å². The van der Waals surface area contributed by atoms with Crippen molar-refractivity contribution in [2.24, 2.45) is 0 Å². The zero-order valence-electron chi connectivity index (χ0n) is 6.05. The van der Waals surface area contributed by atoms with Crippen molar-refractivity contribution in [1.29, 1.82) is 0 Å². The van der Waals surface area contributed by atoms with Gasteiger partial charge in [0.2, 0.25) is 0 Å². The maximum atomic E-state index is 12.0. The van der Waals surface area contributed by atoms with Gasteiger partial charge < -0.3 is 5.21 Å². The van der Waals surface area contributed by atoms with Gasteiger partial charge >= 0.3 is 0 Å². The van der Waals surface area contributed by atoms with E-state index in [9.17, 15) is 4.39 Å². The van der Waals surface area contributed by atoms with Crippen LogP contribution < -0.4 is 5.48 Å². The molecule has 0 aliphatic heterocycles. The van der Waals surface area contributed by atoms with Gasteiger partial charge in [-0.1, -0.05) is 24.3 Å². The van der Waals surface area contributed by atoms with E-state index < -0.39 is 6.67 Å². The van der Waals surface area contributed by atoms with Crippen LogP contribution in [0.25, 0.3) is 0 Å². The van der Waals surface area contributed by atoms with Crippen LogP contribution in [0.15, 0.2) is 24.3 Å². The van der Waals surface area contributed by atoms with E-state index >= 15 is 0 Å². The Kier molecular flexibility index (Phi) is 3.01. The van der Waals surface area contributed by atoms with Crippen molar-refractivity contribution in [3.8, 4) is 0 Å². The van der Waals surface area contributed by atoms with E-state index in [1.807, 2.05) is 5.48 Å². The second-order valence-electron chi connectivity index (χ2n) is 2.29. The van der Waals surface area contributed by atoms with Crippen LogP contribution in [0.2, 0.25) is 0 Å². The van der Waals surface area contributed by atoms with Crippen LogP contribution in [0, 0.1) is 0 Å². The Labute approximate surface area is 64.6 Å². The summed E-state index contributed by atoms with van der Waals surface area (Å²) in [5.74, 6) is 0. The third-order valence-corrected chi connectivity index (χ3v) is 1.46. The lowest BCUT2D eigenvalue weighted by molar-refractivity contribution is 0.161. The second-order valence-corrected chi connectivity index (χ2v) is 2.29. The van der Waals surface area contributed by atoms with Crippen molar-refractivity contribution in [2.45, 2.75) is 13.2 Å². The summed E-state index contributed by atoms with van der Waals surface area (Å²) in [6, 6.07) is 6.95. The summed E-state index contributed by atoms with van der Waals surface area (Å²) in [6.07, 6.45) is 0. The highest BCUT2D eigenvalue weighted by Crippen LogP contribution is 2.04. The predicted molar refractivity (Wildman–Crippen MR) is 39.9 cm³/mol. The number of benzene rings is 1. The molecule has 11 heavy (non-hydrogen) atoms. The lowest BCUT2D eigenvalue weighted by Gasteiger charge is -1.98. The highest BCUT2D eigenvalue weighted by molar-refractivity contribution is 5.21. The Bertz CT molecular complexity index is 210. The summed E-state index contributed by atoms with van der Waals surface area (Å²) in [4.78, 5) is 0. The molecule has 1 aromatic carbocycles. The Morgan fingerprint density at radius 1 is 1.18 bits per heavy atom. The van der Waals surface area contributed by atoms with Gasteiger partial charge in [0.15, 0.2) is 0 Å². The molecule has 2 N–H and O–H groups in total. The number of rotatable bonds is 3. The fraction of sp³-hybridized carbons (Fsp3) is 0.250. The number of hydroxylamine groups is 1. The smallest absolute Gasteiger partial charge is 0.115 e. The van der Waals surface area contributed by atoms with Crippen LogP contribution in [0.5, 0.6) is 0 Å². The van der Waals surface area contributed by atoms with Crippen LogP contribution in [-0.4, -0.2) is 5.21 Å². The minimum atomic E-state index is -0.438. The molecule has 0 radical (unpaired) electrons. The fourth-order valence-corrected chi connectivity index (χ4v) is 0.837. The lowest BCUT2D eigenvalue weighted by Crippen LogP contribution is -2.05. The molecule has 60 valence electrons. The number of hydrogen-bond acceptors (Lipinski definition) is 2. The quantitative estimate of drug-likeness (QED) is 0.650. The molecule has 0 heterocycles. The first-order valence-corrected chi connectivity index (χ1v) is 3.37. The van der Waals surface area contributed by atoms with Gasteiger partial charge in [0.05, 0.1) is 0 Å². The highest BCUT2D eigenvalue weighted by Gasteiger charge is 1.92. The molecule has 0 bridgehead atoms. The van der Waals surface area contributed by atoms with Gasteiger partial charge in [-0.25, -0.2) is 9.87 Å². The van der Waals surface area contributed by atoms with E-state index in [2.05, 4.69) is 0 Å². The summed E-state index contributed by atoms with van der Waals surface area (Å²) in [7, 11) is 0. The largest absolute Gasteiger partial charge is 0.316 e. The van der Waals surface area contributed by atoms with E-state index in [1.54, 1.807) is 24.3 Å². The SMILES string of the molecule is ONCc1ccc(CF)cc1. The van der Waals surface area contributed by atoms with E-state index in [0.29, 0.717) is 12.1 Å². The van der Waals surface area contributed by atoms with Crippen molar-refractivity contribution in [3.05, 3.63) is 35.4 Å². The molecular weight excluding hydrogens is 145 g/mol. The Hall–Kier alpha value is -0.930. The van der Waals surface area contributed by atoms with Crippen molar-refractivity contribution >= 4 is 0 Å². The molecule has 0 atom stereocenters. The molecule has 0 amide bonds. The van der Waals surface area contributed by atoms with Crippen molar-refractivity contribution < 1.29 is 9.60 Å². The zero-order valence-corrected chi connectivity index (χ0v) is 6.05. The van der Waals surface area contributed by atoms with Crippen molar-refractivity contribution in [2.75, 3.05) is 0 Å². The molecule has 1 rings (SSSR count). The topological polar surface area (TPSA) is 32.3 Å². The van der Waals surface area contributed by atoms with Gasteiger partial charge in [-0.15, -0.1) is 0 Å². The van der Waals surface area contributed by atoms with Crippen molar-refractivity contribution in [1.82, 2.24) is 5.48 Å². The summed E-state index contributed by atoms with van der Waals surface area (Å²) in [5.41, 5.74) is 3.62. The van der Waals surface area contributed by atoms with Crippen LogP contribution in [0.4, 0.5) is 4.39 Å². The minimum Gasteiger partial charge on any atom is -0.316 e. The van der Waals surface area contributed by atoms with Crippen LogP contribution >= 0.6 is 0 Å². The van der Waals surface area contributed by atoms with Crippen LogP contribution in [0.3, 0.4) is 0 Å². The Balaban J connectivity index is 2.66. The predicted octanol–water partition coefficient (Wildman–Crippen LogP) is 1.63. The van der Waals surface area contributed by atoms with E-state index in [-0.39, 0.29) is 0 Å². The maximum absolute atomic E-state index is 12.0. The molecule has 0 aromatic heterocycles. The maximum Gasteiger partial charge on any atom is 0.115 e. The molecule has 0 unspecified atom stereocenters. The van der Waals surface area contributed by atoms with Gasteiger partial charge in [0.1, 0.15) is 6.67 Å². The van der Waals surface area contributed by atoms with Crippen LogP contribution in [-0.2, 0) is 13.2 Å². The highest BCUT2D eigenvalue weighted by atomic mass is 19.1. The molecule has 0 aliphatic carbocycles. The molecule has 0 saturated heterocycles. The molecule has 0 spiro atoms. The van der Waals surface area contributed by atoms with Crippen molar-refractivity contribution in [3.63, 3.8) is 0 Å². The average molecular weight is 155 g/mol. The summed E-state index contributed by atoms with van der Waals surface area (Å²) < 4.78 is 12.0. The molecule has 0 aliphatic rings. The van der Waals surface area contributed by atoms with E-state index in [4.69, 9.17) is 5.21 Å². The molecule has 0 saturated carbocycles. The summed E-state index contributed by atoms with van der Waals surface area (Å²) in [6.45, 7) is -0.0423. The zero-order chi connectivity index (χ0) is 8.10. The van der Waals surface area contributed by atoms with Crippen LogP contribution in [0.1, 0.15) is 11.1 Å². The van der Waals surface area contributed by atoms with E-state index in [1.165, 1.54) is 0 Å². The van der Waals surface area contributed by atoms with Gasteiger partial charge in [-0.05, 0) is 11.1 Å². The molecule has 1 aromatic rings. The Morgan fingerprint density at radius 3 is 2.18 bits per heavy atom. The molecule has 2 nitrogen and oxygen atoms in total. The fourth-order valence-electron chi connectivity index (χ4n) is 0.837.